The van der Waals surface area contributed by atoms with E-state index in [0.717, 1.165) is 10.5 Å². The minimum Gasteiger partial charge on any atom is -0.403 e. The maximum absolute atomic E-state index is 12.3. The van der Waals surface area contributed by atoms with Gasteiger partial charge in [-0.05, 0) is 48.7 Å². The Balaban J connectivity index is 1.61. The molecular formula is C18H16ClN3O4S2. The van der Waals surface area contributed by atoms with E-state index >= 15 is 0 Å². The molecule has 3 aromatic rings. The predicted octanol–water partition coefficient (Wildman–Crippen LogP) is 3.91. The third kappa shape index (κ3) is 5.12. The number of amides is 1. The fourth-order valence-corrected chi connectivity index (χ4v) is 4.14. The van der Waals surface area contributed by atoms with Crippen molar-refractivity contribution >= 4 is 45.1 Å². The van der Waals surface area contributed by atoms with Crippen molar-refractivity contribution in [2.24, 2.45) is 0 Å². The average molecular weight is 438 g/mol. The van der Waals surface area contributed by atoms with Crippen LogP contribution in [0.5, 0.6) is 0 Å². The number of nitrogens with one attached hydrogen (secondary N) is 1. The van der Waals surface area contributed by atoms with Gasteiger partial charge >= 0.3 is 6.01 Å². The fraction of sp³-hybridized carbons (Fsp3) is 0.167. The van der Waals surface area contributed by atoms with E-state index in [1.807, 2.05) is 30.5 Å². The van der Waals surface area contributed by atoms with E-state index in [4.69, 9.17) is 16.0 Å². The molecule has 0 saturated heterocycles. The number of hydrogen-bond donors (Lipinski definition) is 1. The molecule has 0 saturated carbocycles. The highest BCUT2D eigenvalue weighted by molar-refractivity contribution is 7.98. The number of rotatable bonds is 7. The molecule has 0 bridgehead atoms. The second kappa shape index (κ2) is 8.76. The van der Waals surface area contributed by atoms with Gasteiger partial charge in [0.2, 0.25) is 11.8 Å². The van der Waals surface area contributed by atoms with Gasteiger partial charge in [0.25, 0.3) is 0 Å². The number of sulfone groups is 1. The van der Waals surface area contributed by atoms with Crippen LogP contribution in [0.2, 0.25) is 5.02 Å². The van der Waals surface area contributed by atoms with Crippen LogP contribution < -0.4 is 5.32 Å². The van der Waals surface area contributed by atoms with Gasteiger partial charge in [0.15, 0.2) is 9.84 Å². The monoisotopic (exact) mass is 437 g/mol. The van der Waals surface area contributed by atoms with E-state index in [1.54, 1.807) is 11.8 Å². The number of thioether (sulfide) groups is 1. The molecule has 0 radical (unpaired) electrons. The number of carbonyl (C=O) groups is 1. The first-order valence-corrected chi connectivity index (χ1v) is 11.4. The average Bonchev–Trinajstić information content (AvgIpc) is 3.15. The highest BCUT2D eigenvalue weighted by atomic mass is 35.5. The highest BCUT2D eigenvalue weighted by Gasteiger charge is 2.18. The van der Waals surface area contributed by atoms with Crippen LogP contribution in [-0.4, -0.2) is 36.5 Å². The maximum atomic E-state index is 12.3. The number of hydrogen-bond acceptors (Lipinski definition) is 7. The molecule has 1 aromatic heterocycles. The normalized spacial score (nSPS) is 11.4. The van der Waals surface area contributed by atoms with E-state index < -0.39 is 15.7 Å². The first kappa shape index (κ1) is 20.4. The summed E-state index contributed by atoms with van der Waals surface area (Å²) in [7, 11) is -3.60. The standard InChI is InChI=1S/C18H16ClN3O4S2/c1-27-14-4-2-3-12(11-14)17-21-22-18(26-17)20-16(23)9-10-28(24,25)15-7-5-13(19)6-8-15/h2-8,11H,9-10H2,1H3,(H,20,22,23). The van der Waals surface area contributed by atoms with Gasteiger partial charge < -0.3 is 4.42 Å². The van der Waals surface area contributed by atoms with E-state index in [9.17, 15) is 13.2 Å². The van der Waals surface area contributed by atoms with Gasteiger partial charge in [0, 0.05) is 21.9 Å². The number of nitrogens with zero attached hydrogens (tertiary/aromatic N) is 2. The highest BCUT2D eigenvalue weighted by Crippen LogP contribution is 2.24. The second-order valence-corrected chi connectivity index (χ2v) is 9.14. The minimum atomic E-state index is -3.60. The first-order valence-electron chi connectivity index (χ1n) is 8.13. The summed E-state index contributed by atoms with van der Waals surface area (Å²) in [5, 5.41) is 10.5. The van der Waals surface area contributed by atoms with Crippen molar-refractivity contribution in [3.63, 3.8) is 0 Å². The van der Waals surface area contributed by atoms with Crippen LogP contribution in [0.1, 0.15) is 6.42 Å². The summed E-state index contributed by atoms with van der Waals surface area (Å²) >= 11 is 7.34. The lowest BCUT2D eigenvalue weighted by atomic mass is 10.2. The van der Waals surface area contributed by atoms with E-state index in [-0.39, 0.29) is 29.0 Å². The quantitative estimate of drug-likeness (QED) is 0.559. The molecular weight excluding hydrogens is 422 g/mol. The van der Waals surface area contributed by atoms with Gasteiger partial charge in [-0.25, -0.2) is 8.42 Å². The van der Waals surface area contributed by atoms with Gasteiger partial charge in [0.1, 0.15) is 0 Å². The topological polar surface area (TPSA) is 102 Å². The van der Waals surface area contributed by atoms with Crippen molar-refractivity contribution in [2.75, 3.05) is 17.3 Å². The van der Waals surface area contributed by atoms with E-state index in [0.29, 0.717) is 5.02 Å². The number of halogens is 1. The van der Waals surface area contributed by atoms with Crippen LogP contribution in [0, 0.1) is 0 Å². The van der Waals surface area contributed by atoms with Gasteiger partial charge in [-0.3, -0.25) is 10.1 Å². The largest absolute Gasteiger partial charge is 0.403 e. The third-order valence-corrected chi connectivity index (χ3v) is 6.47. The predicted molar refractivity (Wildman–Crippen MR) is 108 cm³/mol. The Kier molecular flexibility index (Phi) is 6.38. The zero-order valence-corrected chi connectivity index (χ0v) is 17.1. The fourth-order valence-electron chi connectivity index (χ4n) is 2.32. The summed E-state index contributed by atoms with van der Waals surface area (Å²) < 4.78 is 30.0. The lowest BCUT2D eigenvalue weighted by Crippen LogP contribution is -2.17. The van der Waals surface area contributed by atoms with Gasteiger partial charge in [-0.1, -0.05) is 22.8 Å². The van der Waals surface area contributed by atoms with Crippen LogP contribution >= 0.6 is 23.4 Å². The number of anilines is 1. The third-order valence-electron chi connectivity index (χ3n) is 3.76. The lowest BCUT2D eigenvalue weighted by Gasteiger charge is -2.04. The number of aromatic nitrogens is 2. The Hall–Kier alpha value is -2.36. The summed E-state index contributed by atoms with van der Waals surface area (Å²) in [6, 6.07) is 13.2. The van der Waals surface area contributed by atoms with Crippen molar-refractivity contribution < 1.29 is 17.6 Å². The van der Waals surface area contributed by atoms with Gasteiger partial charge in [-0.15, -0.1) is 16.9 Å². The molecule has 1 heterocycles. The molecule has 28 heavy (non-hydrogen) atoms. The van der Waals surface area contributed by atoms with Crippen molar-refractivity contribution in [2.45, 2.75) is 16.2 Å². The van der Waals surface area contributed by atoms with Gasteiger partial charge in [-0.2, -0.15) is 0 Å². The van der Waals surface area contributed by atoms with Crippen molar-refractivity contribution in [3.8, 4) is 11.5 Å². The zero-order valence-electron chi connectivity index (χ0n) is 14.8. The summed E-state index contributed by atoms with van der Waals surface area (Å²) in [6.45, 7) is 0. The number of carbonyl (C=O) groups excluding carboxylic acids is 1. The molecule has 3 rings (SSSR count). The Morgan fingerprint density at radius 3 is 2.64 bits per heavy atom. The number of benzene rings is 2. The van der Waals surface area contributed by atoms with Crippen molar-refractivity contribution in [1.82, 2.24) is 10.2 Å². The molecule has 0 aliphatic heterocycles. The van der Waals surface area contributed by atoms with Crippen LogP contribution in [0.25, 0.3) is 11.5 Å². The van der Waals surface area contributed by atoms with E-state index in [1.165, 1.54) is 24.3 Å². The maximum Gasteiger partial charge on any atom is 0.322 e. The summed E-state index contributed by atoms with van der Waals surface area (Å²) in [6.07, 6.45) is 1.71. The minimum absolute atomic E-state index is 0.0848. The molecule has 2 aromatic carbocycles. The first-order chi connectivity index (χ1) is 13.4. The Morgan fingerprint density at radius 1 is 1.18 bits per heavy atom. The smallest absolute Gasteiger partial charge is 0.322 e. The van der Waals surface area contributed by atoms with Crippen LogP contribution in [0.15, 0.2) is 62.7 Å². The molecule has 1 amide bonds. The van der Waals surface area contributed by atoms with Gasteiger partial charge in [0.05, 0.1) is 10.6 Å². The second-order valence-electron chi connectivity index (χ2n) is 5.72. The molecule has 10 heteroatoms. The van der Waals surface area contributed by atoms with Crippen molar-refractivity contribution in [1.29, 1.82) is 0 Å². The molecule has 0 fully saturated rings. The van der Waals surface area contributed by atoms with Crippen LogP contribution in [-0.2, 0) is 14.6 Å². The van der Waals surface area contributed by atoms with E-state index in [2.05, 4.69) is 15.5 Å². The Morgan fingerprint density at radius 2 is 1.93 bits per heavy atom. The molecule has 1 N–H and O–H groups in total. The molecule has 0 unspecified atom stereocenters. The summed E-state index contributed by atoms with van der Waals surface area (Å²) in [5.41, 5.74) is 0.727. The molecule has 146 valence electrons. The van der Waals surface area contributed by atoms with Crippen molar-refractivity contribution in [3.05, 3.63) is 53.6 Å². The summed E-state index contributed by atoms with van der Waals surface area (Å²) in [5.74, 6) is -0.623. The zero-order chi connectivity index (χ0) is 20.1. The van der Waals surface area contributed by atoms with Crippen LogP contribution in [0.3, 0.4) is 0 Å². The lowest BCUT2D eigenvalue weighted by molar-refractivity contribution is -0.115. The SMILES string of the molecule is CSc1cccc(-c2nnc(NC(=O)CCS(=O)(=O)c3ccc(Cl)cc3)o2)c1. The Labute approximate surface area is 171 Å². The molecule has 7 nitrogen and oxygen atoms in total. The molecule has 0 aliphatic rings. The van der Waals surface area contributed by atoms with Crippen LogP contribution in [0.4, 0.5) is 6.01 Å². The Bertz CT molecular complexity index is 1080. The molecule has 0 aliphatic carbocycles. The molecule has 0 atom stereocenters. The summed E-state index contributed by atoms with van der Waals surface area (Å²) in [4.78, 5) is 13.2. The molecule has 0 spiro atoms.